The molecule has 0 bridgehead atoms. The number of carbonyl (C=O) groups is 3. The summed E-state index contributed by atoms with van der Waals surface area (Å²) in [4.78, 5) is 39.5. The van der Waals surface area contributed by atoms with Crippen molar-refractivity contribution in [2.75, 3.05) is 10.6 Å². The largest absolute Gasteiger partial charge is 0.324 e. The maximum Gasteiger partial charge on any atom is 0.249 e. The lowest BCUT2D eigenvalue weighted by Crippen LogP contribution is -2.36. The standard InChI is InChI=1S/C15H15N5O3/c1-8(21)10-3-5-11(6-4-10)17-14(23)12-7-13(22)18-15-16-9(2)19-20(12)15/h3-6,12H,7H2,1-2H3,(H,17,23)(H,16,18,19,22)/t12-/m0/s1. The first-order valence-corrected chi connectivity index (χ1v) is 7.09. The zero-order valence-corrected chi connectivity index (χ0v) is 12.7. The first-order chi connectivity index (χ1) is 10.9. The van der Waals surface area contributed by atoms with Gasteiger partial charge in [0.15, 0.2) is 5.78 Å². The maximum atomic E-state index is 12.5. The topological polar surface area (TPSA) is 106 Å². The Morgan fingerprint density at radius 2 is 2.00 bits per heavy atom. The Morgan fingerprint density at radius 3 is 2.65 bits per heavy atom. The van der Waals surface area contributed by atoms with Gasteiger partial charge in [-0.05, 0) is 38.1 Å². The van der Waals surface area contributed by atoms with E-state index in [4.69, 9.17) is 0 Å². The molecule has 0 spiro atoms. The summed E-state index contributed by atoms with van der Waals surface area (Å²) in [5, 5.41) is 9.46. The zero-order chi connectivity index (χ0) is 16.6. The predicted molar refractivity (Wildman–Crippen MR) is 82.1 cm³/mol. The number of fused-ring (bicyclic) bond motifs is 1. The summed E-state index contributed by atoms with van der Waals surface area (Å²) in [6.07, 6.45) is -0.00678. The molecule has 0 unspecified atom stereocenters. The molecule has 23 heavy (non-hydrogen) atoms. The van der Waals surface area contributed by atoms with Gasteiger partial charge >= 0.3 is 0 Å². The van der Waals surface area contributed by atoms with E-state index in [2.05, 4.69) is 20.7 Å². The number of carbonyl (C=O) groups excluding carboxylic acids is 3. The normalized spacial score (nSPS) is 16.4. The van der Waals surface area contributed by atoms with Crippen molar-refractivity contribution in [3.63, 3.8) is 0 Å². The summed E-state index contributed by atoms with van der Waals surface area (Å²) in [7, 11) is 0. The second kappa shape index (κ2) is 5.64. The number of nitrogens with one attached hydrogen (secondary N) is 2. The van der Waals surface area contributed by atoms with Crippen molar-refractivity contribution in [1.29, 1.82) is 0 Å². The van der Waals surface area contributed by atoms with Gasteiger partial charge in [-0.15, -0.1) is 0 Å². The van der Waals surface area contributed by atoms with E-state index < -0.39 is 6.04 Å². The number of aryl methyl sites for hydroxylation is 1. The van der Waals surface area contributed by atoms with Gasteiger partial charge in [0.05, 0.1) is 6.42 Å². The number of Topliss-reactive ketones (excluding diaryl/α,β-unsaturated/α-hetero) is 1. The summed E-state index contributed by atoms with van der Waals surface area (Å²) in [5.74, 6) is 0.0600. The highest BCUT2D eigenvalue weighted by molar-refractivity contribution is 6.01. The molecule has 8 nitrogen and oxygen atoms in total. The highest BCUT2D eigenvalue weighted by atomic mass is 16.2. The van der Waals surface area contributed by atoms with Crippen molar-refractivity contribution in [3.05, 3.63) is 35.7 Å². The third kappa shape index (κ3) is 2.96. The van der Waals surface area contributed by atoms with Crippen molar-refractivity contribution in [2.45, 2.75) is 26.3 Å². The summed E-state index contributed by atoms with van der Waals surface area (Å²) in [6, 6.07) is 5.80. The van der Waals surface area contributed by atoms with E-state index in [9.17, 15) is 14.4 Å². The number of amides is 2. The van der Waals surface area contributed by atoms with E-state index in [1.54, 1.807) is 31.2 Å². The molecule has 2 heterocycles. The van der Waals surface area contributed by atoms with Crippen LogP contribution in [0.3, 0.4) is 0 Å². The van der Waals surface area contributed by atoms with Gasteiger partial charge < -0.3 is 5.32 Å². The van der Waals surface area contributed by atoms with E-state index >= 15 is 0 Å². The van der Waals surface area contributed by atoms with Crippen molar-refractivity contribution in [2.24, 2.45) is 0 Å². The summed E-state index contributed by atoms with van der Waals surface area (Å²) in [6.45, 7) is 3.16. The summed E-state index contributed by atoms with van der Waals surface area (Å²) < 4.78 is 1.41. The Hall–Kier alpha value is -3.03. The van der Waals surface area contributed by atoms with E-state index in [-0.39, 0.29) is 30.0 Å². The van der Waals surface area contributed by atoms with Crippen LogP contribution in [0.2, 0.25) is 0 Å². The van der Waals surface area contributed by atoms with Crippen molar-refractivity contribution in [3.8, 4) is 0 Å². The van der Waals surface area contributed by atoms with Crippen LogP contribution < -0.4 is 10.6 Å². The summed E-state index contributed by atoms with van der Waals surface area (Å²) >= 11 is 0. The third-order valence-corrected chi connectivity index (χ3v) is 3.52. The average Bonchev–Trinajstić information content (AvgIpc) is 2.86. The van der Waals surface area contributed by atoms with Crippen LogP contribution in [0.5, 0.6) is 0 Å². The minimum absolute atomic E-state index is 0.00678. The van der Waals surface area contributed by atoms with Gasteiger partial charge in [0.2, 0.25) is 17.8 Å². The molecule has 0 radical (unpaired) electrons. The lowest BCUT2D eigenvalue weighted by atomic mass is 10.1. The number of hydrogen-bond donors (Lipinski definition) is 2. The first kappa shape index (κ1) is 14.9. The minimum Gasteiger partial charge on any atom is -0.324 e. The molecule has 118 valence electrons. The molecule has 0 saturated heterocycles. The minimum atomic E-state index is -0.757. The Bertz CT molecular complexity index is 794. The molecule has 0 saturated carbocycles. The van der Waals surface area contributed by atoms with Gasteiger partial charge in [-0.25, -0.2) is 4.68 Å². The number of rotatable bonds is 3. The zero-order valence-electron chi connectivity index (χ0n) is 12.7. The molecule has 8 heteroatoms. The third-order valence-electron chi connectivity index (χ3n) is 3.52. The van der Waals surface area contributed by atoms with E-state index in [0.717, 1.165) is 0 Å². The fraction of sp³-hybridized carbons (Fsp3) is 0.267. The first-order valence-electron chi connectivity index (χ1n) is 7.09. The fourth-order valence-electron chi connectivity index (χ4n) is 2.39. The Balaban J connectivity index is 1.80. The molecular formula is C15H15N5O3. The lowest BCUT2D eigenvalue weighted by Gasteiger charge is -2.22. The highest BCUT2D eigenvalue weighted by Crippen LogP contribution is 2.24. The molecule has 2 N–H and O–H groups in total. The molecule has 1 aromatic carbocycles. The van der Waals surface area contributed by atoms with Gasteiger partial charge in [0.1, 0.15) is 11.9 Å². The molecule has 1 aliphatic heterocycles. The Morgan fingerprint density at radius 1 is 1.30 bits per heavy atom. The number of anilines is 2. The van der Waals surface area contributed by atoms with Gasteiger partial charge in [0.25, 0.3) is 0 Å². The number of ketones is 1. The van der Waals surface area contributed by atoms with Crippen molar-refractivity contribution >= 4 is 29.2 Å². The molecule has 3 rings (SSSR count). The predicted octanol–water partition coefficient (Wildman–Crippen LogP) is 1.31. The van der Waals surface area contributed by atoms with E-state index in [1.165, 1.54) is 11.6 Å². The van der Waals surface area contributed by atoms with Crippen LogP contribution in [0.1, 0.15) is 35.6 Å². The van der Waals surface area contributed by atoms with Crippen molar-refractivity contribution in [1.82, 2.24) is 14.8 Å². The van der Waals surface area contributed by atoms with Crippen LogP contribution in [0.15, 0.2) is 24.3 Å². The van der Waals surface area contributed by atoms with Crippen LogP contribution >= 0.6 is 0 Å². The molecule has 0 fully saturated rings. The highest BCUT2D eigenvalue weighted by Gasteiger charge is 2.32. The summed E-state index contributed by atoms with van der Waals surface area (Å²) in [5.41, 5.74) is 1.11. The number of aromatic nitrogens is 3. The van der Waals surface area contributed by atoms with Crippen LogP contribution in [0.25, 0.3) is 0 Å². The maximum absolute atomic E-state index is 12.5. The van der Waals surface area contributed by atoms with Crippen LogP contribution in [0, 0.1) is 6.92 Å². The molecule has 2 aromatic rings. The van der Waals surface area contributed by atoms with Gasteiger partial charge in [-0.1, -0.05) is 0 Å². The van der Waals surface area contributed by atoms with Crippen LogP contribution in [-0.4, -0.2) is 32.4 Å². The smallest absolute Gasteiger partial charge is 0.249 e. The molecule has 2 amide bonds. The monoisotopic (exact) mass is 313 g/mol. The molecule has 0 aliphatic carbocycles. The van der Waals surface area contributed by atoms with E-state index in [0.29, 0.717) is 17.1 Å². The number of nitrogens with zero attached hydrogens (tertiary/aromatic N) is 3. The fourth-order valence-corrected chi connectivity index (χ4v) is 2.39. The van der Waals surface area contributed by atoms with Crippen LogP contribution in [-0.2, 0) is 9.59 Å². The van der Waals surface area contributed by atoms with E-state index in [1.807, 2.05) is 0 Å². The SMILES string of the molecule is CC(=O)c1ccc(NC(=O)[C@@H]2CC(=O)Nc3nc(C)nn32)cc1. The molecule has 1 aromatic heterocycles. The van der Waals surface area contributed by atoms with Crippen molar-refractivity contribution < 1.29 is 14.4 Å². The lowest BCUT2D eigenvalue weighted by molar-refractivity contribution is -0.125. The Labute approximate surface area is 131 Å². The molecule has 1 aliphatic rings. The van der Waals surface area contributed by atoms with Crippen LogP contribution in [0.4, 0.5) is 11.6 Å². The second-order valence-electron chi connectivity index (χ2n) is 5.32. The quantitative estimate of drug-likeness (QED) is 0.831. The number of hydrogen-bond acceptors (Lipinski definition) is 5. The average molecular weight is 313 g/mol. The molecular weight excluding hydrogens is 298 g/mol. The van der Waals surface area contributed by atoms with Gasteiger partial charge in [0, 0.05) is 11.3 Å². The molecule has 1 atom stereocenters. The Kier molecular flexibility index (Phi) is 3.65. The van der Waals surface area contributed by atoms with Gasteiger partial charge in [-0.2, -0.15) is 10.1 Å². The second-order valence-corrected chi connectivity index (χ2v) is 5.32. The number of benzene rings is 1. The van der Waals surface area contributed by atoms with Gasteiger partial charge in [-0.3, -0.25) is 19.7 Å².